The normalized spacial score (nSPS) is 21.1. The molecule has 2 atom stereocenters. The van der Waals surface area contributed by atoms with Crippen molar-refractivity contribution in [2.24, 2.45) is 0 Å². The molecule has 1 aliphatic rings. The third-order valence-electron chi connectivity index (χ3n) is 4.54. The van der Waals surface area contributed by atoms with Gasteiger partial charge in [0.05, 0.1) is 29.5 Å². The summed E-state index contributed by atoms with van der Waals surface area (Å²) < 4.78 is 5.56. The molecule has 0 bridgehead atoms. The number of hydrogen-bond donors (Lipinski definition) is 1. The first kappa shape index (κ1) is 18.3. The van der Waals surface area contributed by atoms with E-state index in [1.165, 1.54) is 0 Å². The van der Waals surface area contributed by atoms with Gasteiger partial charge in [-0.1, -0.05) is 0 Å². The van der Waals surface area contributed by atoms with Gasteiger partial charge in [-0.2, -0.15) is 0 Å². The van der Waals surface area contributed by atoms with E-state index in [0.717, 1.165) is 16.6 Å². The Labute approximate surface area is 154 Å². The third kappa shape index (κ3) is 3.84. The van der Waals surface area contributed by atoms with Gasteiger partial charge in [0.2, 0.25) is 0 Å². The summed E-state index contributed by atoms with van der Waals surface area (Å²) in [4.78, 5) is 21.1. The fourth-order valence-corrected chi connectivity index (χ4v) is 3.49. The summed E-state index contributed by atoms with van der Waals surface area (Å²) in [6.45, 7) is 11.1. The zero-order valence-corrected chi connectivity index (χ0v) is 16.1. The summed E-state index contributed by atoms with van der Waals surface area (Å²) in [7, 11) is 0. The standard InChI is InChI=1S/C20H27N3O3/c1-13-11-22(12-14(2)23(13)19(25)26-20(3,4)5)16-8-15-9-17(24)6-7-18(15)21-10-16/h6-10,13-14,24H,11-12H2,1-5H3. The largest absolute Gasteiger partial charge is 0.508 e. The topological polar surface area (TPSA) is 65.9 Å². The molecular weight excluding hydrogens is 330 g/mol. The number of fused-ring (bicyclic) bond motifs is 1. The molecule has 1 aliphatic heterocycles. The summed E-state index contributed by atoms with van der Waals surface area (Å²) in [6.07, 6.45) is 1.58. The number of aromatic nitrogens is 1. The van der Waals surface area contributed by atoms with Crippen LogP contribution in [0.2, 0.25) is 0 Å². The maximum Gasteiger partial charge on any atom is 0.410 e. The Morgan fingerprint density at radius 2 is 1.85 bits per heavy atom. The lowest BCUT2D eigenvalue weighted by molar-refractivity contribution is 0.00566. The van der Waals surface area contributed by atoms with E-state index in [-0.39, 0.29) is 23.9 Å². The second-order valence-corrected chi connectivity index (χ2v) is 8.06. The zero-order chi connectivity index (χ0) is 19.1. The first-order valence-electron chi connectivity index (χ1n) is 8.99. The van der Waals surface area contributed by atoms with Gasteiger partial charge in [0, 0.05) is 18.5 Å². The van der Waals surface area contributed by atoms with Gasteiger partial charge in [-0.05, 0) is 58.9 Å². The fourth-order valence-electron chi connectivity index (χ4n) is 3.49. The average molecular weight is 357 g/mol. The molecule has 0 radical (unpaired) electrons. The molecule has 1 amide bonds. The van der Waals surface area contributed by atoms with Crippen LogP contribution < -0.4 is 4.90 Å². The first-order chi connectivity index (χ1) is 12.1. The van der Waals surface area contributed by atoms with Crippen molar-refractivity contribution >= 4 is 22.7 Å². The molecule has 1 aromatic carbocycles. The van der Waals surface area contributed by atoms with E-state index < -0.39 is 5.60 Å². The number of carbonyl (C=O) groups excluding carboxylic acids is 1. The van der Waals surface area contributed by atoms with E-state index in [4.69, 9.17) is 4.74 Å². The van der Waals surface area contributed by atoms with E-state index in [2.05, 4.69) is 9.88 Å². The average Bonchev–Trinajstić information content (AvgIpc) is 2.51. The lowest BCUT2D eigenvalue weighted by Crippen LogP contribution is -2.59. The minimum atomic E-state index is -0.502. The van der Waals surface area contributed by atoms with Crippen molar-refractivity contribution < 1.29 is 14.6 Å². The van der Waals surface area contributed by atoms with Crippen LogP contribution in [0.4, 0.5) is 10.5 Å². The molecule has 6 heteroatoms. The van der Waals surface area contributed by atoms with Gasteiger partial charge in [-0.3, -0.25) is 9.88 Å². The predicted octanol–water partition coefficient (Wildman–Crippen LogP) is 3.77. The van der Waals surface area contributed by atoms with Gasteiger partial charge in [0.15, 0.2) is 0 Å². The van der Waals surface area contributed by atoms with Crippen LogP contribution in [0.5, 0.6) is 5.75 Å². The molecule has 0 spiro atoms. The van der Waals surface area contributed by atoms with E-state index in [1.54, 1.807) is 18.2 Å². The van der Waals surface area contributed by atoms with Gasteiger partial charge in [-0.15, -0.1) is 0 Å². The maximum absolute atomic E-state index is 12.5. The smallest absolute Gasteiger partial charge is 0.410 e. The molecule has 2 heterocycles. The molecular formula is C20H27N3O3. The van der Waals surface area contributed by atoms with Crippen LogP contribution in [0.3, 0.4) is 0 Å². The van der Waals surface area contributed by atoms with Crippen molar-refractivity contribution in [1.29, 1.82) is 0 Å². The quantitative estimate of drug-likeness (QED) is 0.841. The Kier molecular flexibility index (Phi) is 4.69. The van der Waals surface area contributed by atoms with Crippen LogP contribution >= 0.6 is 0 Å². The summed E-state index contributed by atoms with van der Waals surface area (Å²) in [5.74, 6) is 0.230. The summed E-state index contributed by atoms with van der Waals surface area (Å²) >= 11 is 0. The first-order valence-corrected chi connectivity index (χ1v) is 8.99. The van der Waals surface area contributed by atoms with Gasteiger partial charge >= 0.3 is 6.09 Å². The Morgan fingerprint density at radius 1 is 1.19 bits per heavy atom. The van der Waals surface area contributed by atoms with Crippen LogP contribution in [0.25, 0.3) is 10.9 Å². The summed E-state index contributed by atoms with van der Waals surface area (Å²) in [5, 5.41) is 10.6. The molecule has 2 unspecified atom stereocenters. The van der Waals surface area contributed by atoms with Crippen LogP contribution in [0.15, 0.2) is 30.5 Å². The Balaban J connectivity index is 1.79. The predicted molar refractivity (Wildman–Crippen MR) is 103 cm³/mol. The number of amides is 1. The van der Waals surface area contributed by atoms with E-state index in [1.807, 2.05) is 51.8 Å². The molecule has 6 nitrogen and oxygen atoms in total. The molecule has 2 aromatic rings. The van der Waals surface area contributed by atoms with Crippen molar-refractivity contribution in [1.82, 2.24) is 9.88 Å². The van der Waals surface area contributed by atoms with Crippen LogP contribution in [0, 0.1) is 0 Å². The second-order valence-electron chi connectivity index (χ2n) is 8.06. The van der Waals surface area contributed by atoms with Crippen LogP contribution in [0.1, 0.15) is 34.6 Å². The molecule has 3 rings (SSSR count). The highest BCUT2D eigenvalue weighted by molar-refractivity contribution is 5.83. The number of phenols is 1. The SMILES string of the molecule is CC1CN(c2cnc3ccc(O)cc3c2)CC(C)N1C(=O)OC(C)(C)C. The fraction of sp³-hybridized carbons (Fsp3) is 0.500. The summed E-state index contributed by atoms with van der Waals surface area (Å²) in [6, 6.07) is 7.24. The number of nitrogens with zero attached hydrogens (tertiary/aromatic N) is 3. The molecule has 0 saturated carbocycles. The maximum atomic E-state index is 12.5. The lowest BCUT2D eigenvalue weighted by atomic mass is 10.1. The van der Waals surface area contributed by atoms with Crippen molar-refractivity contribution in [3.05, 3.63) is 30.5 Å². The highest BCUT2D eigenvalue weighted by Crippen LogP contribution is 2.27. The molecule has 26 heavy (non-hydrogen) atoms. The Morgan fingerprint density at radius 3 is 2.46 bits per heavy atom. The number of carbonyl (C=O) groups is 1. The minimum Gasteiger partial charge on any atom is -0.508 e. The molecule has 1 fully saturated rings. The number of aromatic hydroxyl groups is 1. The highest BCUT2D eigenvalue weighted by atomic mass is 16.6. The number of phenolic OH excluding ortho intramolecular Hbond substituents is 1. The third-order valence-corrected chi connectivity index (χ3v) is 4.54. The number of benzene rings is 1. The van der Waals surface area contributed by atoms with E-state index >= 15 is 0 Å². The zero-order valence-electron chi connectivity index (χ0n) is 16.1. The number of rotatable bonds is 1. The molecule has 140 valence electrons. The van der Waals surface area contributed by atoms with Gasteiger partial charge in [-0.25, -0.2) is 4.79 Å². The number of piperazine rings is 1. The van der Waals surface area contributed by atoms with Crippen LogP contribution in [-0.2, 0) is 4.74 Å². The Bertz CT molecular complexity index is 804. The van der Waals surface area contributed by atoms with Gasteiger partial charge in [0.1, 0.15) is 11.4 Å². The van der Waals surface area contributed by atoms with Crippen molar-refractivity contribution in [2.45, 2.75) is 52.3 Å². The van der Waals surface area contributed by atoms with Crippen molar-refractivity contribution in [2.75, 3.05) is 18.0 Å². The Hall–Kier alpha value is -2.50. The lowest BCUT2D eigenvalue weighted by Gasteiger charge is -2.45. The van der Waals surface area contributed by atoms with E-state index in [0.29, 0.717) is 13.1 Å². The molecule has 1 aromatic heterocycles. The minimum absolute atomic E-state index is 0.0217. The van der Waals surface area contributed by atoms with Gasteiger partial charge in [0.25, 0.3) is 0 Å². The second kappa shape index (κ2) is 6.67. The number of ether oxygens (including phenoxy) is 1. The van der Waals surface area contributed by atoms with Gasteiger partial charge < -0.3 is 14.7 Å². The molecule has 0 aliphatic carbocycles. The van der Waals surface area contributed by atoms with Crippen LogP contribution in [-0.4, -0.2) is 51.9 Å². The highest BCUT2D eigenvalue weighted by Gasteiger charge is 2.35. The molecule has 1 N–H and O–H groups in total. The number of hydrogen-bond acceptors (Lipinski definition) is 5. The van der Waals surface area contributed by atoms with Crippen molar-refractivity contribution in [3.63, 3.8) is 0 Å². The number of anilines is 1. The van der Waals surface area contributed by atoms with E-state index in [9.17, 15) is 9.90 Å². The molecule has 1 saturated heterocycles. The van der Waals surface area contributed by atoms with Crippen molar-refractivity contribution in [3.8, 4) is 5.75 Å². The monoisotopic (exact) mass is 357 g/mol. The number of pyridine rings is 1. The summed E-state index contributed by atoms with van der Waals surface area (Å²) in [5.41, 5.74) is 1.34.